The van der Waals surface area contributed by atoms with Crippen LogP contribution in [0.4, 0.5) is 0 Å². The third-order valence-corrected chi connectivity index (χ3v) is 4.70. The van der Waals surface area contributed by atoms with Gasteiger partial charge in [0.05, 0.1) is 0 Å². The highest BCUT2D eigenvalue weighted by Crippen LogP contribution is 2.58. The minimum absolute atomic E-state index is 0.510. The van der Waals surface area contributed by atoms with Crippen LogP contribution in [0.25, 0.3) is 0 Å². The minimum Gasteiger partial charge on any atom is -0.0620 e. The highest BCUT2D eigenvalue weighted by atomic mass is 14.5. The molecule has 74 valence electrons. The van der Waals surface area contributed by atoms with Crippen molar-refractivity contribution in [2.24, 2.45) is 5.92 Å². The molecule has 0 aliphatic heterocycles. The molecule has 3 rings (SSSR count). The van der Waals surface area contributed by atoms with Crippen LogP contribution in [0.5, 0.6) is 0 Å². The molecule has 0 aromatic heterocycles. The number of benzene rings is 1. The van der Waals surface area contributed by atoms with Gasteiger partial charge in [-0.1, -0.05) is 44.5 Å². The summed E-state index contributed by atoms with van der Waals surface area (Å²) in [6.45, 7) is 4.90. The Bertz CT molecular complexity index is 366. The van der Waals surface area contributed by atoms with Crippen LogP contribution in [0.2, 0.25) is 0 Å². The van der Waals surface area contributed by atoms with Crippen LogP contribution in [0, 0.1) is 5.92 Å². The Labute approximate surface area is 86.3 Å². The molecule has 0 heteroatoms. The van der Waals surface area contributed by atoms with E-state index in [1.54, 1.807) is 11.1 Å². The Hall–Kier alpha value is -0.780. The number of fused-ring (bicyclic) bond motifs is 3. The summed E-state index contributed by atoms with van der Waals surface area (Å²) in [6, 6.07) is 9.10. The Morgan fingerprint density at radius 1 is 1.29 bits per heavy atom. The summed E-state index contributed by atoms with van der Waals surface area (Å²) in [7, 11) is 0. The standard InChI is InChI=1S/C14H18/c1-10-11-6-3-4-7-13(11)14(2)9-5-8-12(10)14/h3-4,6-7,10,12H,5,8-9H2,1-2H3/t10-,12+,14+/m0/s1. The summed E-state index contributed by atoms with van der Waals surface area (Å²) in [6.07, 6.45) is 4.27. The second-order valence-corrected chi connectivity index (χ2v) is 5.29. The lowest BCUT2D eigenvalue weighted by Crippen LogP contribution is -2.22. The second-order valence-electron chi connectivity index (χ2n) is 5.29. The Balaban J connectivity index is 2.21. The summed E-state index contributed by atoms with van der Waals surface area (Å²) in [5.41, 5.74) is 3.78. The molecule has 1 fully saturated rings. The fourth-order valence-corrected chi connectivity index (χ4v) is 3.96. The smallest absolute Gasteiger partial charge is 0.00385 e. The van der Waals surface area contributed by atoms with Crippen molar-refractivity contribution in [1.82, 2.24) is 0 Å². The van der Waals surface area contributed by atoms with Gasteiger partial charge in [-0.15, -0.1) is 0 Å². The molecule has 0 N–H and O–H groups in total. The summed E-state index contributed by atoms with van der Waals surface area (Å²) in [4.78, 5) is 0. The quantitative estimate of drug-likeness (QED) is 0.577. The van der Waals surface area contributed by atoms with E-state index in [1.807, 2.05) is 0 Å². The maximum atomic E-state index is 2.48. The molecule has 3 atom stereocenters. The molecule has 1 aromatic carbocycles. The maximum absolute atomic E-state index is 2.48. The van der Waals surface area contributed by atoms with Crippen molar-refractivity contribution in [3.05, 3.63) is 35.4 Å². The Morgan fingerprint density at radius 2 is 2.07 bits per heavy atom. The topological polar surface area (TPSA) is 0 Å². The van der Waals surface area contributed by atoms with Gasteiger partial charge in [0.15, 0.2) is 0 Å². The van der Waals surface area contributed by atoms with Crippen molar-refractivity contribution >= 4 is 0 Å². The molecule has 0 saturated heterocycles. The van der Waals surface area contributed by atoms with Crippen molar-refractivity contribution in [3.63, 3.8) is 0 Å². The first-order valence-corrected chi connectivity index (χ1v) is 5.83. The first-order chi connectivity index (χ1) is 6.73. The van der Waals surface area contributed by atoms with Gasteiger partial charge < -0.3 is 0 Å². The van der Waals surface area contributed by atoms with Crippen LogP contribution in [0.3, 0.4) is 0 Å². The van der Waals surface area contributed by atoms with Crippen LogP contribution in [-0.4, -0.2) is 0 Å². The number of hydrogen-bond donors (Lipinski definition) is 0. The average Bonchev–Trinajstić information content (AvgIpc) is 2.67. The van der Waals surface area contributed by atoms with Gasteiger partial charge in [0.2, 0.25) is 0 Å². The lowest BCUT2D eigenvalue weighted by molar-refractivity contribution is 0.342. The molecule has 0 radical (unpaired) electrons. The monoisotopic (exact) mass is 186 g/mol. The van der Waals surface area contributed by atoms with Crippen LogP contribution in [0.15, 0.2) is 24.3 Å². The largest absolute Gasteiger partial charge is 0.0620 e. The molecule has 0 spiro atoms. The fraction of sp³-hybridized carbons (Fsp3) is 0.571. The van der Waals surface area contributed by atoms with Crippen molar-refractivity contribution in [3.8, 4) is 0 Å². The summed E-state index contributed by atoms with van der Waals surface area (Å²) >= 11 is 0. The van der Waals surface area contributed by atoms with Crippen LogP contribution in [-0.2, 0) is 5.41 Å². The van der Waals surface area contributed by atoms with Crippen molar-refractivity contribution in [2.45, 2.75) is 44.4 Å². The molecule has 0 nitrogen and oxygen atoms in total. The Morgan fingerprint density at radius 3 is 2.93 bits per heavy atom. The van der Waals surface area contributed by atoms with Gasteiger partial charge in [0.25, 0.3) is 0 Å². The normalized spacial score (nSPS) is 39.6. The van der Waals surface area contributed by atoms with Gasteiger partial charge in [0, 0.05) is 0 Å². The Kier molecular flexibility index (Phi) is 1.60. The van der Waals surface area contributed by atoms with Crippen LogP contribution < -0.4 is 0 Å². The highest BCUT2D eigenvalue weighted by molar-refractivity contribution is 5.44. The summed E-state index contributed by atoms with van der Waals surface area (Å²) in [5, 5.41) is 0. The van der Waals surface area contributed by atoms with Gasteiger partial charge in [-0.2, -0.15) is 0 Å². The van der Waals surface area contributed by atoms with Crippen molar-refractivity contribution in [2.75, 3.05) is 0 Å². The minimum atomic E-state index is 0.510. The molecule has 0 heterocycles. The van der Waals surface area contributed by atoms with E-state index in [1.165, 1.54) is 19.3 Å². The molecular formula is C14H18. The van der Waals surface area contributed by atoms with Crippen molar-refractivity contribution in [1.29, 1.82) is 0 Å². The van der Waals surface area contributed by atoms with E-state index >= 15 is 0 Å². The zero-order valence-corrected chi connectivity index (χ0v) is 9.09. The predicted octanol–water partition coefficient (Wildman–Crippen LogP) is 3.86. The van der Waals surface area contributed by atoms with E-state index in [2.05, 4.69) is 38.1 Å². The lowest BCUT2D eigenvalue weighted by atomic mass is 9.77. The number of hydrogen-bond acceptors (Lipinski definition) is 0. The maximum Gasteiger partial charge on any atom is -0.00385 e. The average molecular weight is 186 g/mol. The molecule has 1 aromatic rings. The predicted molar refractivity (Wildman–Crippen MR) is 59.6 cm³/mol. The molecule has 0 amide bonds. The molecular weight excluding hydrogens is 168 g/mol. The van der Waals surface area contributed by atoms with Crippen LogP contribution >= 0.6 is 0 Å². The third kappa shape index (κ3) is 0.846. The van der Waals surface area contributed by atoms with Gasteiger partial charge in [-0.25, -0.2) is 0 Å². The second kappa shape index (κ2) is 2.62. The van der Waals surface area contributed by atoms with Gasteiger partial charge in [-0.05, 0) is 41.2 Å². The molecule has 1 saturated carbocycles. The molecule has 0 unspecified atom stereocenters. The van der Waals surface area contributed by atoms with E-state index in [0.29, 0.717) is 5.41 Å². The molecule has 0 bridgehead atoms. The van der Waals surface area contributed by atoms with Crippen LogP contribution in [0.1, 0.15) is 50.2 Å². The SMILES string of the molecule is C[C@H]1c2ccccc2[C@]2(C)CCC[C@H]12. The van der Waals surface area contributed by atoms with E-state index in [9.17, 15) is 0 Å². The van der Waals surface area contributed by atoms with Gasteiger partial charge in [-0.3, -0.25) is 0 Å². The highest BCUT2D eigenvalue weighted by Gasteiger charge is 2.49. The zero-order chi connectivity index (χ0) is 9.76. The van der Waals surface area contributed by atoms with Gasteiger partial charge in [0.1, 0.15) is 0 Å². The third-order valence-electron chi connectivity index (χ3n) is 4.70. The van der Waals surface area contributed by atoms with E-state index in [-0.39, 0.29) is 0 Å². The van der Waals surface area contributed by atoms with E-state index in [4.69, 9.17) is 0 Å². The van der Waals surface area contributed by atoms with Crippen molar-refractivity contribution < 1.29 is 0 Å². The zero-order valence-electron chi connectivity index (χ0n) is 9.09. The fourth-order valence-electron chi connectivity index (χ4n) is 3.96. The molecule has 14 heavy (non-hydrogen) atoms. The first-order valence-electron chi connectivity index (χ1n) is 5.83. The lowest BCUT2D eigenvalue weighted by Gasteiger charge is -2.26. The van der Waals surface area contributed by atoms with E-state index in [0.717, 1.165) is 11.8 Å². The molecule has 2 aliphatic carbocycles. The molecule has 2 aliphatic rings. The first kappa shape index (κ1) is 8.52. The van der Waals surface area contributed by atoms with E-state index < -0.39 is 0 Å². The number of rotatable bonds is 0. The van der Waals surface area contributed by atoms with Gasteiger partial charge >= 0.3 is 0 Å². The summed E-state index contributed by atoms with van der Waals surface area (Å²) in [5.74, 6) is 1.71. The summed E-state index contributed by atoms with van der Waals surface area (Å²) < 4.78 is 0.